The van der Waals surface area contributed by atoms with Gasteiger partial charge in [-0.25, -0.2) is 8.42 Å². The fraction of sp³-hybridized carbons (Fsp3) is 0.250. The van der Waals surface area contributed by atoms with Crippen LogP contribution >= 0.6 is 0 Å². The molecule has 0 aliphatic heterocycles. The van der Waals surface area contributed by atoms with Crippen LogP contribution in [0.3, 0.4) is 0 Å². The van der Waals surface area contributed by atoms with Gasteiger partial charge in [-0.05, 0) is 55.0 Å². The van der Waals surface area contributed by atoms with Crippen LogP contribution < -0.4 is 0 Å². The van der Waals surface area contributed by atoms with Gasteiger partial charge in [-0.2, -0.15) is 4.31 Å². The summed E-state index contributed by atoms with van der Waals surface area (Å²) < 4.78 is 28.4. The Bertz CT molecular complexity index is 1050. The fourth-order valence-corrected chi connectivity index (χ4v) is 4.63. The number of fused-ring (bicyclic) bond motifs is 1. The Balaban J connectivity index is 1.98. The molecule has 0 radical (unpaired) electrons. The molecule has 1 aromatic carbocycles. The molecular formula is C20H22N2O3S. The molecule has 0 unspecified atom stereocenters. The van der Waals surface area contributed by atoms with Crippen LogP contribution in [0.2, 0.25) is 0 Å². The number of nitrogens with zero attached hydrogens (tertiary/aromatic N) is 2. The zero-order valence-electron chi connectivity index (χ0n) is 15.1. The van der Waals surface area contributed by atoms with Crippen molar-refractivity contribution in [2.75, 3.05) is 13.1 Å². The van der Waals surface area contributed by atoms with E-state index in [9.17, 15) is 13.2 Å². The van der Waals surface area contributed by atoms with Gasteiger partial charge in [0.25, 0.3) is 0 Å². The number of rotatable bonds is 6. The smallest absolute Gasteiger partial charge is 0.243 e. The monoisotopic (exact) mass is 370 g/mol. The number of sulfonamides is 1. The summed E-state index contributed by atoms with van der Waals surface area (Å²) >= 11 is 0. The van der Waals surface area contributed by atoms with Gasteiger partial charge in [0.1, 0.15) is 0 Å². The summed E-state index contributed by atoms with van der Waals surface area (Å²) in [6.45, 7) is 6.34. The predicted molar refractivity (Wildman–Crippen MR) is 102 cm³/mol. The van der Waals surface area contributed by atoms with E-state index in [1.807, 2.05) is 41.8 Å². The van der Waals surface area contributed by atoms with E-state index in [1.54, 1.807) is 26.0 Å². The molecule has 0 bridgehead atoms. The maximum absolute atomic E-state index is 13.0. The van der Waals surface area contributed by atoms with Crippen LogP contribution in [0.1, 0.15) is 35.5 Å². The molecule has 0 amide bonds. The topological polar surface area (TPSA) is 58.9 Å². The number of aryl methyl sites for hydroxylation is 1. The van der Waals surface area contributed by atoms with Gasteiger partial charge in [-0.1, -0.05) is 19.9 Å². The molecule has 136 valence electrons. The number of ketones is 1. The van der Waals surface area contributed by atoms with Gasteiger partial charge in [-0.15, -0.1) is 0 Å². The molecule has 0 fully saturated rings. The molecule has 0 spiro atoms. The lowest BCUT2D eigenvalue weighted by atomic mass is 10.1. The third-order valence-electron chi connectivity index (χ3n) is 4.54. The summed E-state index contributed by atoms with van der Waals surface area (Å²) in [7, 11) is -3.52. The third-order valence-corrected chi connectivity index (χ3v) is 6.61. The second-order valence-corrected chi connectivity index (χ2v) is 8.05. The van der Waals surface area contributed by atoms with E-state index in [0.717, 1.165) is 11.1 Å². The van der Waals surface area contributed by atoms with E-state index in [1.165, 1.54) is 16.4 Å². The van der Waals surface area contributed by atoms with Crippen molar-refractivity contribution in [2.24, 2.45) is 0 Å². The minimum absolute atomic E-state index is 0.125. The molecule has 3 aromatic rings. The number of benzene rings is 1. The molecular weight excluding hydrogens is 348 g/mol. The summed E-state index contributed by atoms with van der Waals surface area (Å²) in [5, 5.41) is 0. The van der Waals surface area contributed by atoms with Crippen molar-refractivity contribution in [3.8, 4) is 0 Å². The largest absolute Gasteiger partial charge is 0.313 e. The molecule has 0 aliphatic carbocycles. The first kappa shape index (κ1) is 18.4. The maximum Gasteiger partial charge on any atom is 0.243 e. The zero-order chi connectivity index (χ0) is 18.9. The summed E-state index contributed by atoms with van der Waals surface area (Å²) in [5.74, 6) is -0.125. The number of hydrogen-bond acceptors (Lipinski definition) is 3. The summed E-state index contributed by atoms with van der Waals surface area (Å²) in [5.41, 5.74) is 2.91. The predicted octanol–water partition coefficient (Wildman–Crippen LogP) is 3.51. The first-order valence-corrected chi connectivity index (χ1v) is 10.1. The molecule has 0 atom stereocenters. The highest BCUT2D eigenvalue weighted by atomic mass is 32.2. The molecule has 3 rings (SSSR count). The van der Waals surface area contributed by atoms with E-state index in [-0.39, 0.29) is 10.7 Å². The van der Waals surface area contributed by atoms with Crippen molar-refractivity contribution < 1.29 is 13.2 Å². The van der Waals surface area contributed by atoms with Crippen molar-refractivity contribution in [3.63, 3.8) is 0 Å². The van der Waals surface area contributed by atoms with Gasteiger partial charge in [0.05, 0.1) is 10.6 Å². The average molecular weight is 370 g/mol. The van der Waals surface area contributed by atoms with Crippen LogP contribution in [0, 0.1) is 6.92 Å². The average Bonchev–Trinajstić information content (AvgIpc) is 2.97. The van der Waals surface area contributed by atoms with Crippen LogP contribution in [0.15, 0.2) is 59.6 Å². The SMILES string of the molecule is CCN(CC)S(=O)(=O)c1ccc(C(=O)c2c(C)cc3ccccn23)cc1. The second-order valence-electron chi connectivity index (χ2n) is 6.11. The normalized spacial score (nSPS) is 12.0. The quantitative estimate of drug-likeness (QED) is 0.624. The molecule has 0 aliphatic rings. The standard InChI is InChI=1S/C20H22N2O3S/c1-4-21(5-2)26(24,25)18-11-9-16(10-12-18)20(23)19-15(3)14-17-8-6-7-13-22(17)19/h6-14H,4-5H2,1-3H3. The molecule has 6 heteroatoms. The lowest BCUT2D eigenvalue weighted by Crippen LogP contribution is -2.30. The molecule has 0 N–H and O–H groups in total. The lowest BCUT2D eigenvalue weighted by molar-refractivity contribution is 0.103. The highest BCUT2D eigenvalue weighted by Gasteiger charge is 2.22. The van der Waals surface area contributed by atoms with Crippen molar-refractivity contribution in [1.82, 2.24) is 8.71 Å². The Hall–Kier alpha value is -2.44. The highest BCUT2D eigenvalue weighted by Crippen LogP contribution is 2.21. The Labute approximate surface area is 153 Å². The molecule has 2 heterocycles. The van der Waals surface area contributed by atoms with Gasteiger partial charge in [-0.3, -0.25) is 4.79 Å². The van der Waals surface area contributed by atoms with Gasteiger partial charge < -0.3 is 4.40 Å². The first-order valence-electron chi connectivity index (χ1n) is 8.61. The Morgan fingerprint density at radius 2 is 1.69 bits per heavy atom. The maximum atomic E-state index is 13.0. The second kappa shape index (κ2) is 7.05. The van der Waals surface area contributed by atoms with Crippen molar-refractivity contribution in [1.29, 1.82) is 0 Å². The molecule has 0 saturated heterocycles. The molecule has 2 aromatic heterocycles. The molecule has 5 nitrogen and oxygen atoms in total. The van der Waals surface area contributed by atoms with Crippen molar-refractivity contribution >= 4 is 21.3 Å². The fourth-order valence-electron chi connectivity index (χ4n) is 3.17. The van der Waals surface area contributed by atoms with E-state index >= 15 is 0 Å². The zero-order valence-corrected chi connectivity index (χ0v) is 16.0. The van der Waals surface area contributed by atoms with Gasteiger partial charge in [0.15, 0.2) is 0 Å². The van der Waals surface area contributed by atoms with E-state index in [2.05, 4.69) is 0 Å². The molecule has 0 saturated carbocycles. The number of hydrogen-bond donors (Lipinski definition) is 0. The first-order chi connectivity index (χ1) is 12.4. The number of pyridine rings is 1. The number of carbonyl (C=O) groups excluding carboxylic acids is 1. The van der Waals surface area contributed by atoms with Crippen LogP contribution in [-0.2, 0) is 10.0 Å². The third kappa shape index (κ3) is 3.06. The number of aromatic nitrogens is 1. The Morgan fingerprint density at radius 1 is 1.04 bits per heavy atom. The van der Waals surface area contributed by atoms with Crippen molar-refractivity contribution in [2.45, 2.75) is 25.7 Å². The Morgan fingerprint density at radius 3 is 2.31 bits per heavy atom. The number of carbonyl (C=O) groups is 1. The Kier molecular flexibility index (Phi) is 4.98. The van der Waals surface area contributed by atoms with Crippen molar-refractivity contribution in [3.05, 3.63) is 71.5 Å². The summed E-state index contributed by atoms with van der Waals surface area (Å²) in [6.07, 6.45) is 1.86. The van der Waals surface area contributed by atoms with Gasteiger partial charge in [0, 0.05) is 30.4 Å². The minimum Gasteiger partial charge on any atom is -0.313 e. The van der Waals surface area contributed by atoms with Gasteiger partial charge >= 0.3 is 0 Å². The highest BCUT2D eigenvalue weighted by molar-refractivity contribution is 7.89. The van der Waals surface area contributed by atoms with Crippen LogP contribution in [0.4, 0.5) is 0 Å². The van der Waals surface area contributed by atoms with E-state index in [4.69, 9.17) is 0 Å². The lowest BCUT2D eigenvalue weighted by Gasteiger charge is -2.18. The van der Waals surface area contributed by atoms with Crippen LogP contribution in [0.5, 0.6) is 0 Å². The summed E-state index contributed by atoms with van der Waals surface area (Å²) in [6, 6.07) is 13.9. The van der Waals surface area contributed by atoms with Gasteiger partial charge in [0.2, 0.25) is 15.8 Å². The van der Waals surface area contributed by atoms with E-state index in [0.29, 0.717) is 24.3 Å². The van der Waals surface area contributed by atoms with Crippen LogP contribution in [0.25, 0.3) is 5.52 Å². The van der Waals surface area contributed by atoms with Crippen LogP contribution in [-0.4, -0.2) is 36.0 Å². The molecule has 26 heavy (non-hydrogen) atoms. The summed E-state index contributed by atoms with van der Waals surface area (Å²) in [4.78, 5) is 13.2. The van der Waals surface area contributed by atoms with E-state index < -0.39 is 10.0 Å². The minimum atomic E-state index is -3.52.